The number of carbonyl (C=O) groups is 2. The van der Waals surface area contributed by atoms with Crippen molar-refractivity contribution in [2.75, 3.05) is 5.32 Å². The van der Waals surface area contributed by atoms with Crippen LogP contribution in [-0.2, 0) is 16.6 Å². The highest BCUT2D eigenvalue weighted by molar-refractivity contribution is 6.01. The second-order valence-corrected chi connectivity index (χ2v) is 3.37. The van der Waals surface area contributed by atoms with Gasteiger partial charge in [-0.3, -0.25) is 14.9 Å². The second kappa shape index (κ2) is 3.68. The van der Waals surface area contributed by atoms with Gasteiger partial charge in [0, 0.05) is 13.5 Å². The summed E-state index contributed by atoms with van der Waals surface area (Å²) >= 11 is 0. The van der Waals surface area contributed by atoms with Crippen molar-refractivity contribution in [2.24, 2.45) is 7.05 Å². The number of hydrogen-bond donors (Lipinski definition) is 2. The van der Waals surface area contributed by atoms with E-state index in [1.165, 1.54) is 11.0 Å². The Balaban J connectivity index is 2.00. The van der Waals surface area contributed by atoms with E-state index in [2.05, 4.69) is 20.8 Å². The zero-order chi connectivity index (χ0) is 10.8. The molecule has 80 valence electrons. The van der Waals surface area contributed by atoms with Gasteiger partial charge in [0.1, 0.15) is 6.04 Å². The molecule has 15 heavy (non-hydrogen) atoms. The zero-order valence-electron chi connectivity index (χ0n) is 8.23. The summed E-state index contributed by atoms with van der Waals surface area (Å²) in [6.07, 6.45) is 2.37. The first-order valence-corrected chi connectivity index (χ1v) is 4.62. The lowest BCUT2D eigenvalue weighted by Crippen LogP contribution is -2.47. The lowest BCUT2D eigenvalue weighted by molar-refractivity contribution is -0.133. The maximum Gasteiger partial charge on any atom is 0.249 e. The molecular weight excluding hydrogens is 198 g/mol. The number of nitrogens with zero attached hydrogens (tertiary/aromatic N) is 3. The van der Waals surface area contributed by atoms with Gasteiger partial charge >= 0.3 is 0 Å². The molecule has 1 fully saturated rings. The van der Waals surface area contributed by atoms with Gasteiger partial charge in [0.25, 0.3) is 0 Å². The number of rotatable bonds is 2. The normalized spacial score (nSPS) is 21.3. The molecule has 7 nitrogen and oxygen atoms in total. The van der Waals surface area contributed by atoms with E-state index in [0.717, 1.165) is 0 Å². The second-order valence-electron chi connectivity index (χ2n) is 3.37. The van der Waals surface area contributed by atoms with Gasteiger partial charge < -0.3 is 5.32 Å². The average Bonchev–Trinajstić information content (AvgIpc) is 2.56. The minimum atomic E-state index is -0.403. The minimum Gasteiger partial charge on any atom is -0.356 e. The summed E-state index contributed by atoms with van der Waals surface area (Å²) in [5.41, 5.74) is 0. The van der Waals surface area contributed by atoms with E-state index in [-0.39, 0.29) is 11.8 Å². The molecule has 1 aromatic rings. The minimum absolute atomic E-state index is 0.225. The first-order chi connectivity index (χ1) is 7.15. The van der Waals surface area contributed by atoms with Gasteiger partial charge in [0.15, 0.2) is 5.82 Å². The Kier molecular flexibility index (Phi) is 2.36. The maximum atomic E-state index is 11.4. The molecule has 1 aromatic heterocycles. The summed E-state index contributed by atoms with van der Waals surface area (Å²) in [4.78, 5) is 23.6. The van der Waals surface area contributed by atoms with Gasteiger partial charge in [-0.15, -0.1) is 5.10 Å². The summed E-state index contributed by atoms with van der Waals surface area (Å²) in [5, 5.41) is 13.0. The van der Waals surface area contributed by atoms with E-state index in [1.807, 2.05) is 0 Å². The quantitative estimate of drug-likeness (QED) is 0.612. The van der Waals surface area contributed by atoms with Gasteiger partial charge in [-0.2, -0.15) is 9.90 Å². The molecule has 0 saturated carbocycles. The predicted octanol–water partition coefficient (Wildman–Crippen LogP) is -0.968. The van der Waals surface area contributed by atoms with E-state index in [9.17, 15) is 9.59 Å². The predicted molar refractivity (Wildman–Crippen MR) is 50.8 cm³/mol. The first-order valence-electron chi connectivity index (χ1n) is 4.62. The SMILES string of the molecule is Cn1ncc(NC2CCC(=O)NC2=O)n1. The molecule has 2 N–H and O–H groups in total. The standard InChI is InChI=1S/C8H11N5O2/c1-13-9-4-6(12-13)10-5-2-3-7(14)11-8(5)15/h4-5H,2-3H2,1H3,(H,10,12)(H,11,14,15). The summed E-state index contributed by atoms with van der Waals surface area (Å²) in [7, 11) is 1.69. The molecule has 1 aliphatic rings. The molecule has 0 aromatic carbocycles. The fourth-order valence-electron chi connectivity index (χ4n) is 1.42. The molecule has 2 heterocycles. The van der Waals surface area contributed by atoms with E-state index >= 15 is 0 Å². The molecule has 1 saturated heterocycles. The number of aromatic nitrogens is 3. The van der Waals surface area contributed by atoms with Crippen LogP contribution in [0.2, 0.25) is 0 Å². The van der Waals surface area contributed by atoms with Crippen molar-refractivity contribution in [3.05, 3.63) is 6.20 Å². The molecule has 1 unspecified atom stereocenters. The molecule has 1 atom stereocenters. The Morgan fingerprint density at radius 1 is 1.60 bits per heavy atom. The highest BCUT2D eigenvalue weighted by Gasteiger charge is 2.26. The van der Waals surface area contributed by atoms with Gasteiger partial charge in [-0.25, -0.2) is 0 Å². The van der Waals surface area contributed by atoms with Gasteiger partial charge in [0.05, 0.1) is 6.20 Å². The molecule has 0 aliphatic carbocycles. The fraction of sp³-hybridized carbons (Fsp3) is 0.500. The van der Waals surface area contributed by atoms with Crippen LogP contribution in [0.5, 0.6) is 0 Å². The van der Waals surface area contributed by atoms with Gasteiger partial charge in [-0.1, -0.05) is 0 Å². The van der Waals surface area contributed by atoms with Crippen LogP contribution in [0.1, 0.15) is 12.8 Å². The van der Waals surface area contributed by atoms with Crippen LogP contribution in [0.25, 0.3) is 0 Å². The molecule has 1 aliphatic heterocycles. The van der Waals surface area contributed by atoms with Crippen molar-refractivity contribution < 1.29 is 9.59 Å². The van der Waals surface area contributed by atoms with Crippen molar-refractivity contribution >= 4 is 17.6 Å². The fourth-order valence-corrected chi connectivity index (χ4v) is 1.42. The lowest BCUT2D eigenvalue weighted by atomic mass is 10.1. The number of nitrogens with one attached hydrogen (secondary N) is 2. The largest absolute Gasteiger partial charge is 0.356 e. The number of anilines is 1. The molecule has 2 rings (SSSR count). The highest BCUT2D eigenvalue weighted by Crippen LogP contribution is 2.10. The maximum absolute atomic E-state index is 11.4. The van der Waals surface area contributed by atoms with Crippen molar-refractivity contribution in [3.8, 4) is 0 Å². The van der Waals surface area contributed by atoms with Crippen LogP contribution in [0.3, 0.4) is 0 Å². The van der Waals surface area contributed by atoms with Crippen molar-refractivity contribution in [1.82, 2.24) is 20.3 Å². The van der Waals surface area contributed by atoms with Crippen LogP contribution in [0.15, 0.2) is 6.20 Å². The third kappa shape index (κ3) is 2.12. The Morgan fingerprint density at radius 2 is 2.40 bits per heavy atom. The van der Waals surface area contributed by atoms with Crippen LogP contribution < -0.4 is 10.6 Å². The van der Waals surface area contributed by atoms with E-state index in [4.69, 9.17) is 0 Å². The smallest absolute Gasteiger partial charge is 0.249 e. The third-order valence-corrected chi connectivity index (χ3v) is 2.16. The average molecular weight is 209 g/mol. The number of amides is 2. The van der Waals surface area contributed by atoms with Gasteiger partial charge in [0.2, 0.25) is 11.8 Å². The summed E-state index contributed by atoms with van der Waals surface area (Å²) in [6, 6.07) is -0.403. The molecule has 7 heteroatoms. The van der Waals surface area contributed by atoms with Crippen molar-refractivity contribution in [1.29, 1.82) is 0 Å². The molecule has 0 spiro atoms. The Hall–Kier alpha value is -1.92. The van der Waals surface area contributed by atoms with E-state index < -0.39 is 6.04 Å². The van der Waals surface area contributed by atoms with Crippen LogP contribution in [0.4, 0.5) is 5.82 Å². The molecule has 0 radical (unpaired) electrons. The van der Waals surface area contributed by atoms with Crippen LogP contribution in [0, 0.1) is 0 Å². The van der Waals surface area contributed by atoms with E-state index in [1.54, 1.807) is 7.05 Å². The number of imide groups is 1. The zero-order valence-corrected chi connectivity index (χ0v) is 8.23. The number of aryl methyl sites for hydroxylation is 1. The van der Waals surface area contributed by atoms with E-state index in [0.29, 0.717) is 18.7 Å². The number of piperidine rings is 1. The third-order valence-electron chi connectivity index (χ3n) is 2.16. The summed E-state index contributed by atoms with van der Waals surface area (Å²) in [6.45, 7) is 0. The summed E-state index contributed by atoms with van der Waals surface area (Å²) in [5.74, 6) is 0.00102. The van der Waals surface area contributed by atoms with Gasteiger partial charge in [-0.05, 0) is 6.42 Å². The van der Waals surface area contributed by atoms with Crippen molar-refractivity contribution in [2.45, 2.75) is 18.9 Å². The summed E-state index contributed by atoms with van der Waals surface area (Å²) < 4.78 is 0. The molecule has 2 amide bonds. The highest BCUT2D eigenvalue weighted by atomic mass is 16.2. The van der Waals surface area contributed by atoms with Crippen molar-refractivity contribution in [3.63, 3.8) is 0 Å². The Bertz CT molecular complexity index is 399. The Labute approximate surface area is 85.8 Å². The number of carbonyl (C=O) groups excluding carboxylic acids is 2. The van der Waals surface area contributed by atoms with Crippen LogP contribution in [-0.4, -0.2) is 32.9 Å². The molecular formula is C8H11N5O2. The monoisotopic (exact) mass is 209 g/mol. The Morgan fingerprint density at radius 3 is 3.00 bits per heavy atom. The first kappa shape index (κ1) is 9.63. The van der Waals surface area contributed by atoms with Crippen LogP contribution >= 0.6 is 0 Å². The topological polar surface area (TPSA) is 88.9 Å². The lowest BCUT2D eigenvalue weighted by Gasteiger charge is -2.21. The molecule has 0 bridgehead atoms. The number of hydrogen-bond acceptors (Lipinski definition) is 5.